The normalized spacial score (nSPS) is 19.4. The Bertz CT molecular complexity index is 1020. The summed E-state index contributed by atoms with van der Waals surface area (Å²) in [6, 6.07) is -0.248. The van der Waals surface area contributed by atoms with Gasteiger partial charge in [-0.1, -0.05) is 0 Å². The molecule has 10 heteroatoms. The number of alkyl halides is 1. The molecule has 1 aliphatic rings. The minimum absolute atomic E-state index is 0.227. The van der Waals surface area contributed by atoms with Gasteiger partial charge in [-0.2, -0.15) is 0 Å². The number of hydrogen-bond acceptors (Lipinski definition) is 7. The zero-order valence-corrected chi connectivity index (χ0v) is 15.8. The lowest BCUT2D eigenvalue weighted by Gasteiger charge is -2.15. The maximum Gasteiger partial charge on any atom is 0.259 e. The Morgan fingerprint density at radius 3 is 2.61 bits per heavy atom. The molecule has 1 aliphatic heterocycles. The Balaban J connectivity index is 1.48. The topological polar surface area (TPSA) is 100 Å². The summed E-state index contributed by atoms with van der Waals surface area (Å²) < 4.78 is 15.7. The van der Waals surface area contributed by atoms with Crippen molar-refractivity contribution in [3.05, 3.63) is 41.7 Å². The van der Waals surface area contributed by atoms with Gasteiger partial charge in [-0.15, -0.1) is 0 Å². The Hall–Kier alpha value is -3.14. The van der Waals surface area contributed by atoms with Crippen LogP contribution in [0.2, 0.25) is 0 Å². The van der Waals surface area contributed by atoms with E-state index < -0.39 is 6.17 Å². The van der Waals surface area contributed by atoms with Gasteiger partial charge in [0.05, 0.1) is 35.7 Å². The zero-order chi connectivity index (χ0) is 19.8. The van der Waals surface area contributed by atoms with Crippen molar-refractivity contribution in [1.82, 2.24) is 29.7 Å². The van der Waals surface area contributed by atoms with Crippen LogP contribution in [0.1, 0.15) is 21.7 Å². The van der Waals surface area contributed by atoms with Gasteiger partial charge in [0, 0.05) is 25.1 Å². The molecule has 28 heavy (non-hydrogen) atoms. The number of halogens is 1. The summed E-state index contributed by atoms with van der Waals surface area (Å²) in [6.45, 7) is 4.44. The van der Waals surface area contributed by atoms with E-state index >= 15 is 0 Å². The molecule has 1 saturated heterocycles. The summed E-state index contributed by atoms with van der Waals surface area (Å²) in [5, 5.41) is 5.69. The van der Waals surface area contributed by atoms with Gasteiger partial charge < -0.3 is 19.9 Å². The van der Waals surface area contributed by atoms with Crippen LogP contribution in [0.3, 0.4) is 0 Å². The van der Waals surface area contributed by atoms with Crippen LogP contribution >= 0.6 is 0 Å². The SMILES string of the molecule is CNC1CN(c2ncc(C(=O)Nc3cn4cc(C)nc4c(C)n3)cn2)CC1F. The van der Waals surface area contributed by atoms with Crippen LogP contribution in [0.25, 0.3) is 5.65 Å². The highest BCUT2D eigenvalue weighted by molar-refractivity contribution is 6.03. The Morgan fingerprint density at radius 2 is 1.93 bits per heavy atom. The zero-order valence-electron chi connectivity index (χ0n) is 15.8. The van der Waals surface area contributed by atoms with Gasteiger partial charge in [-0.25, -0.2) is 24.3 Å². The summed E-state index contributed by atoms with van der Waals surface area (Å²) >= 11 is 0. The van der Waals surface area contributed by atoms with E-state index in [4.69, 9.17) is 0 Å². The summed E-state index contributed by atoms with van der Waals surface area (Å²) in [4.78, 5) is 31.5. The van der Waals surface area contributed by atoms with Crippen LogP contribution in [-0.4, -0.2) is 62.6 Å². The second-order valence-corrected chi connectivity index (χ2v) is 6.87. The molecule has 4 rings (SSSR count). The van der Waals surface area contributed by atoms with Gasteiger partial charge in [-0.3, -0.25) is 4.79 Å². The third kappa shape index (κ3) is 3.38. The number of likely N-dealkylation sites (N-methyl/N-ethyl adjacent to an activating group) is 1. The molecule has 2 N–H and O–H groups in total. The molecule has 1 amide bonds. The number of nitrogens with one attached hydrogen (secondary N) is 2. The van der Waals surface area contributed by atoms with Gasteiger partial charge in [0.2, 0.25) is 5.95 Å². The number of aryl methyl sites for hydroxylation is 2. The summed E-state index contributed by atoms with van der Waals surface area (Å²) in [5.74, 6) is 0.446. The second kappa shape index (κ2) is 7.12. The lowest BCUT2D eigenvalue weighted by molar-refractivity contribution is 0.102. The predicted molar refractivity (Wildman–Crippen MR) is 102 cm³/mol. The summed E-state index contributed by atoms with van der Waals surface area (Å²) in [6.07, 6.45) is 5.46. The van der Waals surface area contributed by atoms with Crippen molar-refractivity contribution in [3.63, 3.8) is 0 Å². The number of nitrogens with zero attached hydrogens (tertiary/aromatic N) is 6. The molecule has 3 aromatic rings. The lowest BCUT2D eigenvalue weighted by atomic mass is 10.2. The van der Waals surface area contributed by atoms with Gasteiger partial charge in [-0.05, 0) is 20.9 Å². The second-order valence-electron chi connectivity index (χ2n) is 6.87. The van der Waals surface area contributed by atoms with Crippen molar-refractivity contribution >= 4 is 23.3 Å². The van der Waals surface area contributed by atoms with E-state index in [0.29, 0.717) is 29.6 Å². The van der Waals surface area contributed by atoms with E-state index in [2.05, 4.69) is 30.6 Å². The molecule has 3 aromatic heterocycles. The molecule has 4 heterocycles. The molecule has 2 unspecified atom stereocenters. The fourth-order valence-electron chi connectivity index (χ4n) is 3.32. The number of rotatable bonds is 4. The van der Waals surface area contributed by atoms with Crippen molar-refractivity contribution < 1.29 is 9.18 Å². The number of fused-ring (bicyclic) bond motifs is 1. The third-order valence-electron chi connectivity index (χ3n) is 4.77. The highest BCUT2D eigenvalue weighted by Crippen LogP contribution is 2.19. The molecule has 0 saturated carbocycles. The maximum atomic E-state index is 13.9. The molecular weight excluding hydrogens is 363 g/mol. The largest absolute Gasteiger partial charge is 0.336 e. The minimum atomic E-state index is -0.979. The molecular formula is C18H21FN8O. The van der Waals surface area contributed by atoms with Crippen LogP contribution in [-0.2, 0) is 0 Å². The van der Waals surface area contributed by atoms with Crippen LogP contribution in [0, 0.1) is 13.8 Å². The van der Waals surface area contributed by atoms with E-state index in [1.165, 1.54) is 12.4 Å². The number of imidazole rings is 1. The smallest absolute Gasteiger partial charge is 0.259 e. The fourth-order valence-corrected chi connectivity index (χ4v) is 3.32. The van der Waals surface area contributed by atoms with E-state index in [9.17, 15) is 9.18 Å². The molecule has 146 valence electrons. The average Bonchev–Trinajstić information content (AvgIpc) is 3.24. The van der Waals surface area contributed by atoms with Crippen molar-refractivity contribution in [2.75, 3.05) is 30.4 Å². The molecule has 0 aliphatic carbocycles. The van der Waals surface area contributed by atoms with Gasteiger partial charge in [0.15, 0.2) is 5.65 Å². The molecule has 1 fully saturated rings. The van der Waals surface area contributed by atoms with Crippen LogP contribution < -0.4 is 15.5 Å². The first-order chi connectivity index (χ1) is 13.4. The van der Waals surface area contributed by atoms with Crippen molar-refractivity contribution in [2.45, 2.75) is 26.1 Å². The number of anilines is 2. The minimum Gasteiger partial charge on any atom is -0.336 e. The Kier molecular flexibility index (Phi) is 4.63. The first-order valence-corrected chi connectivity index (χ1v) is 8.97. The standard InChI is InChI=1S/C18H21FN8O/c1-10-6-26-9-15(24-11(2)16(26)23-10)25-17(28)12-4-21-18(22-5-12)27-7-13(19)14(8-27)20-3/h4-6,9,13-14,20H,7-8H2,1-3H3,(H,25,28). The highest BCUT2D eigenvalue weighted by Gasteiger charge is 2.33. The highest BCUT2D eigenvalue weighted by atomic mass is 19.1. The number of aromatic nitrogens is 5. The van der Waals surface area contributed by atoms with Crippen LogP contribution in [0.15, 0.2) is 24.8 Å². The number of amides is 1. The maximum absolute atomic E-state index is 13.9. The molecule has 2 atom stereocenters. The molecule has 0 spiro atoms. The van der Waals surface area contributed by atoms with Gasteiger partial charge in [0.25, 0.3) is 5.91 Å². The van der Waals surface area contributed by atoms with Crippen molar-refractivity contribution in [2.24, 2.45) is 0 Å². The molecule has 0 aromatic carbocycles. The Morgan fingerprint density at radius 1 is 1.18 bits per heavy atom. The van der Waals surface area contributed by atoms with Gasteiger partial charge >= 0.3 is 0 Å². The quantitative estimate of drug-likeness (QED) is 0.696. The predicted octanol–water partition coefficient (Wildman–Crippen LogP) is 1.13. The third-order valence-corrected chi connectivity index (χ3v) is 4.77. The molecule has 9 nitrogen and oxygen atoms in total. The van der Waals surface area contributed by atoms with E-state index in [1.807, 2.05) is 24.4 Å². The Labute approximate surface area is 161 Å². The number of carbonyl (C=O) groups is 1. The lowest BCUT2D eigenvalue weighted by Crippen LogP contribution is -2.34. The van der Waals surface area contributed by atoms with E-state index in [0.717, 1.165) is 11.3 Å². The molecule has 0 radical (unpaired) electrons. The number of hydrogen-bond donors (Lipinski definition) is 2. The van der Waals surface area contributed by atoms with Crippen molar-refractivity contribution in [1.29, 1.82) is 0 Å². The van der Waals surface area contributed by atoms with Crippen LogP contribution in [0.5, 0.6) is 0 Å². The van der Waals surface area contributed by atoms with Gasteiger partial charge in [0.1, 0.15) is 12.0 Å². The first-order valence-electron chi connectivity index (χ1n) is 8.97. The first kappa shape index (κ1) is 18.2. The summed E-state index contributed by atoms with van der Waals surface area (Å²) in [7, 11) is 1.73. The van der Waals surface area contributed by atoms with E-state index in [-0.39, 0.29) is 18.5 Å². The molecule has 0 bridgehead atoms. The summed E-state index contributed by atoms with van der Waals surface area (Å²) in [5.41, 5.74) is 2.63. The van der Waals surface area contributed by atoms with Crippen LogP contribution in [0.4, 0.5) is 16.2 Å². The average molecular weight is 384 g/mol. The monoisotopic (exact) mass is 384 g/mol. The fraction of sp³-hybridized carbons (Fsp3) is 0.389. The number of carbonyl (C=O) groups excluding carboxylic acids is 1. The van der Waals surface area contributed by atoms with Crippen molar-refractivity contribution in [3.8, 4) is 0 Å². The van der Waals surface area contributed by atoms with E-state index in [1.54, 1.807) is 18.1 Å².